The van der Waals surface area contributed by atoms with Crippen LogP contribution in [0.3, 0.4) is 0 Å². The van der Waals surface area contributed by atoms with Crippen molar-refractivity contribution in [1.82, 2.24) is 5.32 Å². The van der Waals surface area contributed by atoms with E-state index in [4.69, 9.17) is 10.8 Å². The van der Waals surface area contributed by atoms with Gasteiger partial charge in [0.1, 0.15) is 12.6 Å². The van der Waals surface area contributed by atoms with Crippen LogP contribution in [0.1, 0.15) is 20.3 Å². The number of anilines is 2. The molecule has 0 spiro atoms. The van der Waals surface area contributed by atoms with Crippen molar-refractivity contribution in [2.24, 2.45) is 0 Å². The molecule has 0 aliphatic carbocycles. The zero-order chi connectivity index (χ0) is 15.1. The number of nitrogens with one attached hydrogen (secondary N) is 1. The van der Waals surface area contributed by atoms with Gasteiger partial charge in [0.05, 0.1) is 11.4 Å². The predicted octanol–water partition coefficient (Wildman–Crippen LogP) is 1.07. The lowest BCUT2D eigenvalue weighted by Crippen LogP contribution is -2.47. The summed E-state index contributed by atoms with van der Waals surface area (Å²) in [7, 11) is 0. The highest BCUT2D eigenvalue weighted by atomic mass is 16.4. The number of hydrogen-bond donors (Lipinski definition) is 3. The normalized spacial score (nSPS) is 11.7. The second-order valence-electron chi connectivity index (χ2n) is 4.55. The Morgan fingerprint density at radius 1 is 1.40 bits per heavy atom. The third-order valence-corrected chi connectivity index (χ3v) is 2.95. The molecule has 6 nitrogen and oxygen atoms in total. The lowest BCUT2D eigenvalue weighted by molar-refractivity contribution is -0.135. The Morgan fingerprint density at radius 2 is 2.05 bits per heavy atom. The van der Waals surface area contributed by atoms with E-state index in [0.29, 0.717) is 17.9 Å². The van der Waals surface area contributed by atoms with Crippen LogP contribution in [0.4, 0.5) is 11.4 Å². The van der Waals surface area contributed by atoms with Crippen molar-refractivity contribution in [3.63, 3.8) is 0 Å². The number of carboxylic acid groups (broad SMARTS) is 1. The number of aliphatic carboxylic acids is 1. The zero-order valence-electron chi connectivity index (χ0n) is 11.8. The first-order valence-electron chi connectivity index (χ1n) is 6.58. The van der Waals surface area contributed by atoms with Gasteiger partial charge in [0.15, 0.2) is 0 Å². The third kappa shape index (κ3) is 4.15. The van der Waals surface area contributed by atoms with Crippen molar-refractivity contribution in [1.29, 1.82) is 0 Å². The average molecular weight is 279 g/mol. The molecule has 0 bridgehead atoms. The zero-order valence-corrected chi connectivity index (χ0v) is 11.8. The number of hydrogen-bond acceptors (Lipinski definition) is 4. The number of nitrogens with zero attached hydrogens (tertiary/aromatic N) is 1. The maximum absolute atomic E-state index is 12.0. The summed E-state index contributed by atoms with van der Waals surface area (Å²) in [4.78, 5) is 24.5. The molecule has 0 heterocycles. The molecule has 0 aliphatic rings. The van der Waals surface area contributed by atoms with Gasteiger partial charge in [0, 0.05) is 6.54 Å². The standard InChI is InChI=1S/C14H21N3O3/c1-3-8-16-14(20)10(2)17(9-13(18)19)12-7-5-4-6-11(12)15/h4-7,10H,3,8-9,15H2,1-2H3,(H,16,20)(H,18,19). The SMILES string of the molecule is CCCNC(=O)C(C)N(CC(=O)O)c1ccccc1N. The van der Waals surface area contributed by atoms with Crippen LogP contribution in [0.5, 0.6) is 0 Å². The fraction of sp³-hybridized carbons (Fsp3) is 0.429. The first-order valence-corrected chi connectivity index (χ1v) is 6.58. The van der Waals surface area contributed by atoms with E-state index in [1.54, 1.807) is 31.2 Å². The first kappa shape index (κ1) is 15.8. The van der Waals surface area contributed by atoms with Gasteiger partial charge in [-0.3, -0.25) is 9.59 Å². The molecule has 0 fully saturated rings. The van der Waals surface area contributed by atoms with Crippen LogP contribution in [0, 0.1) is 0 Å². The summed E-state index contributed by atoms with van der Waals surface area (Å²) in [6, 6.07) is 6.31. The monoisotopic (exact) mass is 279 g/mol. The molecule has 1 unspecified atom stereocenters. The number of amides is 1. The minimum absolute atomic E-state index is 0.212. The van der Waals surface area contributed by atoms with Crippen LogP contribution in [0.2, 0.25) is 0 Å². The van der Waals surface area contributed by atoms with E-state index in [0.717, 1.165) is 6.42 Å². The van der Waals surface area contributed by atoms with Gasteiger partial charge in [-0.25, -0.2) is 0 Å². The average Bonchev–Trinajstić information content (AvgIpc) is 2.42. The molecule has 0 aliphatic heterocycles. The molecule has 1 amide bonds. The Hall–Kier alpha value is -2.24. The summed E-state index contributed by atoms with van der Waals surface area (Å²) in [6.07, 6.45) is 0.824. The Kier molecular flexibility index (Phi) is 5.83. The number of nitrogens with two attached hydrogens (primary N) is 1. The summed E-state index contributed by atoms with van der Waals surface area (Å²) in [5, 5.41) is 11.8. The molecular formula is C14H21N3O3. The minimum Gasteiger partial charge on any atom is -0.480 e. The number of para-hydroxylation sites is 2. The van der Waals surface area contributed by atoms with E-state index in [2.05, 4.69) is 5.32 Å². The molecule has 0 aromatic heterocycles. The van der Waals surface area contributed by atoms with Gasteiger partial charge < -0.3 is 21.1 Å². The number of carbonyl (C=O) groups is 2. The summed E-state index contributed by atoms with van der Waals surface area (Å²) in [5.41, 5.74) is 6.87. The molecule has 0 saturated carbocycles. The molecule has 1 aromatic rings. The van der Waals surface area contributed by atoms with Crippen molar-refractivity contribution in [2.75, 3.05) is 23.7 Å². The summed E-state index contributed by atoms with van der Waals surface area (Å²) < 4.78 is 0. The molecule has 4 N–H and O–H groups in total. The molecular weight excluding hydrogens is 258 g/mol. The molecule has 1 rings (SSSR count). The minimum atomic E-state index is -1.01. The highest BCUT2D eigenvalue weighted by Crippen LogP contribution is 2.24. The Morgan fingerprint density at radius 3 is 2.60 bits per heavy atom. The second kappa shape index (κ2) is 7.37. The fourth-order valence-electron chi connectivity index (χ4n) is 1.86. The van der Waals surface area contributed by atoms with Crippen molar-refractivity contribution >= 4 is 23.3 Å². The van der Waals surface area contributed by atoms with Crippen molar-refractivity contribution < 1.29 is 14.7 Å². The van der Waals surface area contributed by atoms with Crippen LogP contribution in [-0.4, -0.2) is 36.1 Å². The number of carboxylic acids is 1. The van der Waals surface area contributed by atoms with Gasteiger partial charge in [-0.05, 0) is 25.5 Å². The van der Waals surface area contributed by atoms with Gasteiger partial charge in [0.2, 0.25) is 5.91 Å². The van der Waals surface area contributed by atoms with Crippen LogP contribution >= 0.6 is 0 Å². The van der Waals surface area contributed by atoms with E-state index in [1.165, 1.54) is 4.90 Å². The topological polar surface area (TPSA) is 95.7 Å². The molecule has 20 heavy (non-hydrogen) atoms. The highest BCUT2D eigenvalue weighted by molar-refractivity contribution is 5.88. The van der Waals surface area contributed by atoms with E-state index in [9.17, 15) is 9.59 Å². The van der Waals surface area contributed by atoms with Crippen molar-refractivity contribution in [3.8, 4) is 0 Å². The second-order valence-corrected chi connectivity index (χ2v) is 4.55. The molecule has 110 valence electrons. The summed E-state index contributed by atoms with van der Waals surface area (Å²) in [6.45, 7) is 3.90. The molecule has 1 aromatic carbocycles. The smallest absolute Gasteiger partial charge is 0.323 e. The fourth-order valence-corrected chi connectivity index (χ4v) is 1.86. The van der Waals surface area contributed by atoms with Gasteiger partial charge in [-0.15, -0.1) is 0 Å². The molecule has 0 radical (unpaired) electrons. The van der Waals surface area contributed by atoms with Gasteiger partial charge in [0.25, 0.3) is 0 Å². The lowest BCUT2D eigenvalue weighted by Gasteiger charge is -2.29. The van der Waals surface area contributed by atoms with E-state index in [1.807, 2.05) is 6.92 Å². The van der Waals surface area contributed by atoms with E-state index < -0.39 is 12.0 Å². The number of carbonyl (C=O) groups excluding carboxylic acids is 1. The number of rotatable bonds is 7. The molecule has 0 saturated heterocycles. The predicted molar refractivity (Wildman–Crippen MR) is 78.6 cm³/mol. The number of nitrogen functional groups attached to an aromatic ring is 1. The summed E-state index contributed by atoms with van der Waals surface area (Å²) >= 11 is 0. The Balaban J connectivity index is 2.97. The molecule has 1 atom stereocenters. The van der Waals surface area contributed by atoms with Gasteiger partial charge in [-0.2, -0.15) is 0 Å². The quantitative estimate of drug-likeness (QED) is 0.649. The van der Waals surface area contributed by atoms with E-state index >= 15 is 0 Å². The largest absolute Gasteiger partial charge is 0.480 e. The van der Waals surface area contributed by atoms with Gasteiger partial charge in [-0.1, -0.05) is 19.1 Å². The first-order chi connectivity index (χ1) is 9.47. The van der Waals surface area contributed by atoms with Crippen molar-refractivity contribution in [2.45, 2.75) is 26.3 Å². The Labute approximate surface area is 118 Å². The molecule has 6 heteroatoms. The Bertz CT molecular complexity index is 476. The third-order valence-electron chi connectivity index (χ3n) is 2.95. The maximum Gasteiger partial charge on any atom is 0.323 e. The van der Waals surface area contributed by atoms with E-state index in [-0.39, 0.29) is 12.5 Å². The van der Waals surface area contributed by atoms with Crippen LogP contribution < -0.4 is 16.0 Å². The van der Waals surface area contributed by atoms with Gasteiger partial charge >= 0.3 is 5.97 Å². The van der Waals surface area contributed by atoms with Crippen LogP contribution in [-0.2, 0) is 9.59 Å². The maximum atomic E-state index is 12.0. The lowest BCUT2D eigenvalue weighted by atomic mass is 10.2. The van der Waals surface area contributed by atoms with Crippen molar-refractivity contribution in [3.05, 3.63) is 24.3 Å². The highest BCUT2D eigenvalue weighted by Gasteiger charge is 2.24. The van der Waals surface area contributed by atoms with Crippen LogP contribution in [0.25, 0.3) is 0 Å². The summed E-state index contributed by atoms with van der Waals surface area (Å²) in [5.74, 6) is -1.22. The van der Waals surface area contributed by atoms with Crippen LogP contribution in [0.15, 0.2) is 24.3 Å². The number of benzene rings is 1.